The summed E-state index contributed by atoms with van der Waals surface area (Å²) in [7, 11) is 0. The molecular formula is C16H26O8. The lowest BCUT2D eigenvalue weighted by atomic mass is 10.0. The van der Waals surface area contributed by atoms with Gasteiger partial charge in [0.2, 0.25) is 0 Å². The molecule has 4 aliphatic heterocycles. The first-order valence-corrected chi connectivity index (χ1v) is 7.89. The molecular weight excluding hydrogens is 320 g/mol. The summed E-state index contributed by atoms with van der Waals surface area (Å²) >= 11 is 0. The highest BCUT2D eigenvalue weighted by atomic mass is 16.6. The van der Waals surface area contributed by atoms with Crippen LogP contribution in [0.1, 0.15) is 13.8 Å². The van der Waals surface area contributed by atoms with Crippen LogP contribution in [0.3, 0.4) is 0 Å². The summed E-state index contributed by atoms with van der Waals surface area (Å²) < 4.78 is 21.2. The van der Waals surface area contributed by atoms with Crippen molar-refractivity contribution in [3.05, 3.63) is 0 Å². The molecule has 5 unspecified atom stereocenters. The summed E-state index contributed by atoms with van der Waals surface area (Å²) in [5.74, 6) is 0. The summed E-state index contributed by atoms with van der Waals surface area (Å²) in [6.45, 7) is 3.94. The van der Waals surface area contributed by atoms with Gasteiger partial charge in [0.1, 0.15) is 35.6 Å². The Balaban J connectivity index is 0.000000158. The minimum Gasteiger partial charge on any atom is -0.393 e. The molecule has 4 heterocycles. The van der Waals surface area contributed by atoms with Gasteiger partial charge in [0.15, 0.2) is 0 Å². The number of rotatable bonds is 2. The van der Waals surface area contributed by atoms with E-state index in [9.17, 15) is 10.2 Å². The smallest absolute Gasteiger partial charge is 0.143 e. The Morgan fingerprint density at radius 2 is 1.17 bits per heavy atom. The van der Waals surface area contributed by atoms with Gasteiger partial charge in [-0.15, -0.1) is 12.8 Å². The zero-order chi connectivity index (χ0) is 18.1. The van der Waals surface area contributed by atoms with Crippen molar-refractivity contribution in [3.8, 4) is 12.8 Å². The van der Waals surface area contributed by atoms with Crippen LogP contribution in [0.4, 0.5) is 0 Å². The fourth-order valence-corrected chi connectivity index (χ4v) is 3.65. The normalized spacial score (nSPS) is 50.8. The lowest BCUT2D eigenvalue weighted by Gasteiger charge is -2.26. The summed E-state index contributed by atoms with van der Waals surface area (Å²) in [5, 5.41) is 37.0. The predicted molar refractivity (Wildman–Crippen MR) is 82.1 cm³/mol. The molecule has 8 nitrogen and oxygen atoms in total. The quantitative estimate of drug-likeness (QED) is 0.426. The van der Waals surface area contributed by atoms with Crippen molar-refractivity contribution in [3.63, 3.8) is 0 Å². The summed E-state index contributed by atoms with van der Waals surface area (Å²) in [5.41, 5.74) is -1.66. The molecule has 0 radical (unpaired) electrons. The average Bonchev–Trinajstić information content (AvgIpc) is 3.25. The van der Waals surface area contributed by atoms with Crippen LogP contribution in [0.5, 0.6) is 0 Å². The maximum absolute atomic E-state index is 9.54. The van der Waals surface area contributed by atoms with Crippen LogP contribution >= 0.6 is 0 Å². The van der Waals surface area contributed by atoms with Gasteiger partial charge < -0.3 is 39.4 Å². The SMILES string of the molecule is C#C.CC1OC2(CO)COC1C2O.C[C@@H]1O[C@@]2(CO)CO[C@H]1C2O. The standard InChI is InChI=1S/2C7H12O4.C2H2/c2*1-4-5-6(9)7(2-8,11-4)3-10-5;1-2/h2*4-6,8-9H,2-3H2,1H3;1-2H/t4-,5+,6?,7-;;/m0../s1. The summed E-state index contributed by atoms with van der Waals surface area (Å²) in [6.07, 6.45) is 5.96. The van der Waals surface area contributed by atoms with E-state index < -0.39 is 23.4 Å². The second-order valence-corrected chi connectivity index (χ2v) is 6.53. The van der Waals surface area contributed by atoms with E-state index in [4.69, 9.17) is 29.2 Å². The van der Waals surface area contributed by atoms with E-state index in [0.29, 0.717) is 13.2 Å². The molecule has 4 saturated heterocycles. The summed E-state index contributed by atoms with van der Waals surface area (Å²) in [6, 6.07) is 0. The number of terminal acetylenes is 1. The molecule has 0 spiro atoms. The zero-order valence-electron chi connectivity index (χ0n) is 13.9. The topological polar surface area (TPSA) is 118 Å². The Hall–Kier alpha value is -0.760. The Kier molecular flexibility index (Phi) is 5.90. The van der Waals surface area contributed by atoms with Crippen LogP contribution in [0, 0.1) is 12.8 Å². The van der Waals surface area contributed by atoms with Gasteiger partial charge in [-0.25, -0.2) is 0 Å². The minimum absolute atomic E-state index is 0.106. The van der Waals surface area contributed by atoms with Crippen LogP contribution < -0.4 is 0 Å². The molecule has 4 N–H and O–H groups in total. The molecule has 0 aromatic carbocycles. The van der Waals surface area contributed by atoms with Gasteiger partial charge in [-0.05, 0) is 13.8 Å². The van der Waals surface area contributed by atoms with Gasteiger partial charge in [-0.1, -0.05) is 0 Å². The zero-order valence-corrected chi connectivity index (χ0v) is 13.9. The van der Waals surface area contributed by atoms with Crippen LogP contribution in [0.15, 0.2) is 0 Å². The molecule has 0 aliphatic carbocycles. The molecule has 4 rings (SSSR count). The van der Waals surface area contributed by atoms with Crippen molar-refractivity contribution in [1.82, 2.24) is 0 Å². The van der Waals surface area contributed by atoms with E-state index in [1.54, 1.807) is 0 Å². The Bertz CT molecular complexity index is 419. The molecule has 0 aromatic rings. The van der Waals surface area contributed by atoms with E-state index in [2.05, 4.69) is 12.8 Å². The number of aliphatic hydroxyl groups is 4. The van der Waals surface area contributed by atoms with Crippen molar-refractivity contribution in [2.75, 3.05) is 26.4 Å². The van der Waals surface area contributed by atoms with Crippen molar-refractivity contribution >= 4 is 0 Å². The molecule has 8 heteroatoms. The second-order valence-electron chi connectivity index (χ2n) is 6.53. The maximum atomic E-state index is 9.54. The molecule has 0 aromatic heterocycles. The highest BCUT2D eigenvalue weighted by molar-refractivity contribution is 5.07. The number of hydrogen-bond acceptors (Lipinski definition) is 8. The van der Waals surface area contributed by atoms with E-state index in [0.717, 1.165) is 0 Å². The van der Waals surface area contributed by atoms with E-state index in [-0.39, 0.29) is 37.6 Å². The van der Waals surface area contributed by atoms with Crippen LogP contribution in [0.2, 0.25) is 0 Å². The van der Waals surface area contributed by atoms with E-state index in [1.165, 1.54) is 0 Å². The maximum Gasteiger partial charge on any atom is 0.143 e. The Morgan fingerprint density at radius 3 is 1.29 bits per heavy atom. The van der Waals surface area contributed by atoms with E-state index >= 15 is 0 Å². The van der Waals surface area contributed by atoms with Gasteiger partial charge in [0, 0.05) is 0 Å². The van der Waals surface area contributed by atoms with Gasteiger partial charge in [-0.2, -0.15) is 0 Å². The first-order valence-electron chi connectivity index (χ1n) is 7.89. The molecule has 4 aliphatic rings. The molecule has 24 heavy (non-hydrogen) atoms. The fraction of sp³-hybridized carbons (Fsp3) is 0.875. The van der Waals surface area contributed by atoms with Crippen molar-refractivity contribution in [2.45, 2.75) is 61.7 Å². The third-order valence-corrected chi connectivity index (χ3v) is 5.04. The van der Waals surface area contributed by atoms with Crippen molar-refractivity contribution in [2.24, 2.45) is 0 Å². The number of hydrogen-bond donors (Lipinski definition) is 4. The highest BCUT2D eigenvalue weighted by Gasteiger charge is 2.60. The predicted octanol–water partition coefficient (Wildman–Crippen LogP) is -1.96. The van der Waals surface area contributed by atoms with Gasteiger partial charge in [0.05, 0.1) is 38.6 Å². The fourth-order valence-electron chi connectivity index (χ4n) is 3.65. The Morgan fingerprint density at radius 1 is 0.833 bits per heavy atom. The minimum atomic E-state index is -0.829. The van der Waals surface area contributed by atoms with Gasteiger partial charge >= 0.3 is 0 Å². The van der Waals surface area contributed by atoms with Crippen LogP contribution in [0.25, 0.3) is 0 Å². The third kappa shape index (κ3) is 2.85. The molecule has 0 saturated carbocycles. The molecule has 0 amide bonds. The second kappa shape index (κ2) is 7.23. The monoisotopic (exact) mass is 346 g/mol. The lowest BCUT2D eigenvalue weighted by Crippen LogP contribution is -2.44. The first kappa shape index (κ1) is 19.6. The van der Waals surface area contributed by atoms with Gasteiger partial charge in [-0.3, -0.25) is 0 Å². The number of aliphatic hydroxyl groups excluding tert-OH is 4. The summed E-state index contributed by atoms with van der Waals surface area (Å²) in [4.78, 5) is 0. The average molecular weight is 346 g/mol. The number of fused-ring (bicyclic) bond motifs is 4. The van der Waals surface area contributed by atoms with Crippen molar-refractivity contribution in [1.29, 1.82) is 0 Å². The van der Waals surface area contributed by atoms with Crippen molar-refractivity contribution < 1.29 is 39.4 Å². The van der Waals surface area contributed by atoms with Crippen LogP contribution in [-0.2, 0) is 18.9 Å². The first-order chi connectivity index (χ1) is 11.4. The lowest BCUT2D eigenvalue weighted by molar-refractivity contribution is -0.155. The molecule has 8 atom stereocenters. The third-order valence-electron chi connectivity index (χ3n) is 5.04. The number of ether oxygens (including phenoxy) is 4. The molecule has 4 fully saturated rings. The largest absolute Gasteiger partial charge is 0.393 e. The molecule has 4 bridgehead atoms. The van der Waals surface area contributed by atoms with E-state index in [1.807, 2.05) is 13.8 Å². The highest BCUT2D eigenvalue weighted by Crippen LogP contribution is 2.40. The molecule has 138 valence electrons. The Labute approximate surface area is 141 Å². The van der Waals surface area contributed by atoms with Crippen LogP contribution in [-0.4, -0.2) is 94.7 Å². The van der Waals surface area contributed by atoms with Gasteiger partial charge in [0.25, 0.3) is 0 Å².